The molecule has 0 fully saturated rings. The van der Waals surface area contributed by atoms with Crippen LogP contribution in [0, 0.1) is 5.92 Å². The molecule has 3 aromatic rings. The summed E-state index contributed by atoms with van der Waals surface area (Å²) in [6, 6.07) is 25.9. The number of nitrogens with one attached hydrogen (secondary N) is 1. The third kappa shape index (κ3) is 3.31. The number of hydrogen-bond donors (Lipinski definition) is 1. The van der Waals surface area contributed by atoms with Crippen LogP contribution in [0.4, 0.5) is 11.4 Å². The van der Waals surface area contributed by atoms with Gasteiger partial charge in [-0.05, 0) is 59.4 Å². The van der Waals surface area contributed by atoms with Crippen LogP contribution in [0.5, 0.6) is 0 Å². The highest BCUT2D eigenvalue weighted by atomic mass is 79.9. The smallest absolute Gasteiger partial charge is 0.0630 e. The molecule has 0 saturated heterocycles. The Morgan fingerprint density at radius 1 is 0.929 bits per heavy atom. The molecule has 1 aliphatic carbocycles. The molecule has 3 aromatic carbocycles. The number of aliphatic imine (C=N–C) groups is 1. The normalized spacial score (nSPS) is 22.7. The molecule has 2 aliphatic rings. The molecular formula is C25H21BrN2. The van der Waals surface area contributed by atoms with Crippen LogP contribution in [0.2, 0.25) is 0 Å². The number of anilines is 1. The molecule has 3 atom stereocenters. The van der Waals surface area contributed by atoms with Crippen molar-refractivity contribution in [2.24, 2.45) is 10.9 Å². The zero-order valence-corrected chi connectivity index (χ0v) is 17.0. The van der Waals surface area contributed by atoms with E-state index in [1.54, 1.807) is 0 Å². The predicted molar refractivity (Wildman–Crippen MR) is 121 cm³/mol. The molecular weight excluding hydrogens is 408 g/mol. The second-order valence-electron chi connectivity index (χ2n) is 7.46. The molecule has 138 valence electrons. The quantitative estimate of drug-likeness (QED) is 0.351. The van der Waals surface area contributed by atoms with Crippen LogP contribution < -0.4 is 5.32 Å². The molecule has 1 heterocycles. The van der Waals surface area contributed by atoms with Gasteiger partial charge in [-0.3, -0.25) is 4.99 Å². The molecule has 5 rings (SSSR count). The topological polar surface area (TPSA) is 24.4 Å². The van der Waals surface area contributed by atoms with Gasteiger partial charge < -0.3 is 5.32 Å². The molecule has 2 nitrogen and oxygen atoms in total. The lowest BCUT2D eigenvalue weighted by Crippen LogP contribution is -2.28. The van der Waals surface area contributed by atoms with E-state index in [2.05, 4.69) is 99.1 Å². The maximum Gasteiger partial charge on any atom is 0.0630 e. The third-order valence-electron chi connectivity index (χ3n) is 5.76. The van der Waals surface area contributed by atoms with Crippen LogP contribution in [0.25, 0.3) is 0 Å². The second-order valence-corrected chi connectivity index (χ2v) is 8.38. The van der Waals surface area contributed by atoms with Crippen molar-refractivity contribution in [2.75, 3.05) is 5.32 Å². The molecule has 1 aliphatic heterocycles. The summed E-state index contributed by atoms with van der Waals surface area (Å²) in [4.78, 5) is 4.62. The van der Waals surface area contributed by atoms with Crippen LogP contribution in [-0.2, 0) is 0 Å². The molecule has 0 spiro atoms. The van der Waals surface area contributed by atoms with Gasteiger partial charge in [-0.15, -0.1) is 0 Å². The van der Waals surface area contributed by atoms with Crippen molar-refractivity contribution in [1.82, 2.24) is 0 Å². The first kappa shape index (κ1) is 17.4. The highest BCUT2D eigenvalue weighted by Crippen LogP contribution is 2.49. The van der Waals surface area contributed by atoms with E-state index < -0.39 is 0 Å². The van der Waals surface area contributed by atoms with Gasteiger partial charge in [0.15, 0.2) is 0 Å². The molecule has 0 saturated carbocycles. The summed E-state index contributed by atoms with van der Waals surface area (Å²) in [5.41, 5.74) is 6.09. The number of fused-ring (bicyclic) bond motifs is 3. The van der Waals surface area contributed by atoms with Crippen molar-refractivity contribution in [3.05, 3.63) is 106 Å². The van der Waals surface area contributed by atoms with Crippen LogP contribution in [0.1, 0.15) is 35.1 Å². The first-order valence-corrected chi connectivity index (χ1v) is 10.5. The molecule has 0 unspecified atom stereocenters. The van der Waals surface area contributed by atoms with Crippen molar-refractivity contribution in [3.63, 3.8) is 0 Å². The zero-order valence-electron chi connectivity index (χ0n) is 15.4. The summed E-state index contributed by atoms with van der Waals surface area (Å²) >= 11 is 3.46. The fraction of sp³-hybridized carbons (Fsp3) is 0.160. The van der Waals surface area contributed by atoms with E-state index >= 15 is 0 Å². The van der Waals surface area contributed by atoms with Gasteiger partial charge in [0, 0.05) is 22.3 Å². The lowest BCUT2D eigenvalue weighted by molar-refractivity contribution is 0.425. The number of hydrogen-bond acceptors (Lipinski definition) is 2. The van der Waals surface area contributed by atoms with E-state index in [1.165, 1.54) is 16.8 Å². The first-order chi connectivity index (χ1) is 13.8. The van der Waals surface area contributed by atoms with Gasteiger partial charge in [-0.2, -0.15) is 0 Å². The van der Waals surface area contributed by atoms with Gasteiger partial charge >= 0.3 is 0 Å². The number of benzene rings is 3. The summed E-state index contributed by atoms with van der Waals surface area (Å²) in [6.45, 7) is 0. The summed E-state index contributed by atoms with van der Waals surface area (Å²) in [7, 11) is 0. The molecule has 3 heteroatoms. The lowest BCUT2D eigenvalue weighted by Gasteiger charge is -2.37. The predicted octanol–water partition coefficient (Wildman–Crippen LogP) is 7.03. The number of rotatable bonds is 3. The number of allylic oxidation sites excluding steroid dienone is 2. The third-order valence-corrected chi connectivity index (χ3v) is 6.29. The summed E-state index contributed by atoms with van der Waals surface area (Å²) in [5.74, 6) is 1.09. The fourth-order valence-electron chi connectivity index (χ4n) is 4.34. The number of halogens is 1. The molecule has 0 amide bonds. The van der Waals surface area contributed by atoms with Gasteiger partial charge in [0.05, 0.1) is 11.7 Å². The SMILES string of the molecule is Brc1ccc(C=Nc2ccc([C@@H]3Nc4ccccc4[C@H]4C=CC[C@@H]43)cc2)cc1. The van der Waals surface area contributed by atoms with Crippen molar-refractivity contribution < 1.29 is 0 Å². The highest BCUT2D eigenvalue weighted by Gasteiger charge is 2.37. The first-order valence-electron chi connectivity index (χ1n) is 9.70. The van der Waals surface area contributed by atoms with E-state index in [0.29, 0.717) is 17.9 Å². The summed E-state index contributed by atoms with van der Waals surface area (Å²) < 4.78 is 1.08. The van der Waals surface area contributed by atoms with Crippen molar-refractivity contribution in [2.45, 2.75) is 18.4 Å². The standard InChI is InChI=1S/C25H21BrN2/c26-19-12-8-17(9-13-19)16-27-20-14-10-18(11-15-20)25-23-6-3-5-21(23)22-4-1-2-7-24(22)28-25/h1-5,7-16,21,23,25,28H,6H2/t21-,23+,25+/m1/s1. The Labute approximate surface area is 174 Å². The average molecular weight is 429 g/mol. The minimum absolute atomic E-state index is 0.333. The monoisotopic (exact) mass is 428 g/mol. The van der Waals surface area contributed by atoms with Gasteiger partial charge in [0.2, 0.25) is 0 Å². The summed E-state index contributed by atoms with van der Waals surface area (Å²) in [6.07, 6.45) is 7.75. The van der Waals surface area contributed by atoms with Crippen molar-refractivity contribution in [3.8, 4) is 0 Å². The second kappa shape index (κ2) is 7.40. The molecule has 0 aromatic heterocycles. The number of para-hydroxylation sites is 1. The Bertz CT molecular complexity index is 1030. The number of nitrogens with zero attached hydrogens (tertiary/aromatic N) is 1. The van der Waals surface area contributed by atoms with Crippen molar-refractivity contribution in [1.29, 1.82) is 0 Å². The van der Waals surface area contributed by atoms with E-state index in [0.717, 1.165) is 22.1 Å². The summed E-state index contributed by atoms with van der Waals surface area (Å²) in [5, 5.41) is 3.78. The molecule has 0 bridgehead atoms. The Morgan fingerprint density at radius 3 is 2.54 bits per heavy atom. The van der Waals surface area contributed by atoms with Crippen LogP contribution in [0.15, 0.2) is 94.4 Å². The molecule has 28 heavy (non-hydrogen) atoms. The largest absolute Gasteiger partial charge is 0.378 e. The van der Waals surface area contributed by atoms with E-state index in [-0.39, 0.29) is 0 Å². The van der Waals surface area contributed by atoms with Crippen LogP contribution >= 0.6 is 15.9 Å². The van der Waals surface area contributed by atoms with Crippen LogP contribution in [0.3, 0.4) is 0 Å². The Kier molecular flexibility index (Phi) is 4.61. The maximum absolute atomic E-state index is 4.62. The maximum atomic E-state index is 4.62. The van der Waals surface area contributed by atoms with Crippen molar-refractivity contribution >= 4 is 33.5 Å². The Balaban J connectivity index is 1.38. The molecule has 1 N–H and O–H groups in total. The molecule has 0 radical (unpaired) electrons. The van der Waals surface area contributed by atoms with Crippen LogP contribution in [-0.4, -0.2) is 6.21 Å². The highest BCUT2D eigenvalue weighted by molar-refractivity contribution is 9.10. The minimum Gasteiger partial charge on any atom is -0.378 e. The minimum atomic E-state index is 0.333. The van der Waals surface area contributed by atoms with E-state index in [1.807, 2.05) is 18.3 Å². The van der Waals surface area contributed by atoms with E-state index in [9.17, 15) is 0 Å². The Hall–Kier alpha value is -2.65. The van der Waals surface area contributed by atoms with Gasteiger partial charge in [-0.1, -0.05) is 70.5 Å². The van der Waals surface area contributed by atoms with Gasteiger partial charge in [-0.25, -0.2) is 0 Å². The lowest BCUT2D eigenvalue weighted by atomic mass is 9.77. The Morgan fingerprint density at radius 2 is 1.71 bits per heavy atom. The average Bonchev–Trinajstić information content (AvgIpc) is 3.23. The van der Waals surface area contributed by atoms with E-state index in [4.69, 9.17) is 0 Å². The van der Waals surface area contributed by atoms with Gasteiger partial charge in [0.1, 0.15) is 0 Å². The van der Waals surface area contributed by atoms with Gasteiger partial charge in [0.25, 0.3) is 0 Å². The zero-order chi connectivity index (χ0) is 18.9. The fourth-order valence-corrected chi connectivity index (χ4v) is 4.60.